The molecule has 2 rings (SSSR count). The van der Waals surface area contributed by atoms with Crippen LogP contribution in [0.25, 0.3) is 0 Å². The molecular formula is C25H41NO4. The van der Waals surface area contributed by atoms with Crippen LogP contribution < -0.4 is 5.32 Å². The molecule has 2 atom stereocenters. The van der Waals surface area contributed by atoms with Gasteiger partial charge in [0.25, 0.3) is 0 Å². The molecule has 2 unspecified atom stereocenters. The molecule has 0 aromatic heterocycles. The number of hydrogen-bond donors (Lipinski definition) is 1. The number of carbonyl (C=O) groups excluding carboxylic acids is 1. The van der Waals surface area contributed by atoms with Gasteiger partial charge in [0.05, 0.1) is 18.8 Å². The number of nitrogens with one attached hydrogen (secondary N) is 1. The van der Waals surface area contributed by atoms with Gasteiger partial charge in [-0.05, 0) is 50.3 Å². The summed E-state index contributed by atoms with van der Waals surface area (Å²) in [5.41, 5.74) is 5.88. The van der Waals surface area contributed by atoms with Gasteiger partial charge in [-0.15, -0.1) is 0 Å². The Morgan fingerprint density at radius 3 is 2.13 bits per heavy atom. The molecule has 0 saturated carbocycles. The number of dihydropyridines is 1. The lowest BCUT2D eigenvalue weighted by Gasteiger charge is -2.35. The average molecular weight is 420 g/mol. The molecule has 0 bridgehead atoms. The maximum Gasteiger partial charge on any atom is 0.336 e. The molecule has 1 aromatic carbocycles. The zero-order valence-electron chi connectivity index (χ0n) is 20.2. The third-order valence-corrected chi connectivity index (χ3v) is 4.83. The number of methoxy groups -OCH3 is 1. The van der Waals surface area contributed by atoms with Crippen molar-refractivity contribution in [2.24, 2.45) is 5.92 Å². The third kappa shape index (κ3) is 6.99. The SMILES string of the molecule is CCC.COC(=O)C1=C(C)NC(C)=C(C(C)OCC(C)C)C1c1ccccc1C.O. The maximum atomic E-state index is 12.6. The molecule has 170 valence electrons. The Kier molecular flexibility index (Phi) is 12.3. The third-order valence-electron chi connectivity index (χ3n) is 4.83. The standard InChI is InChI=1S/C22H31NO3.C3H8.H2O/c1-13(2)12-26-17(6)19-15(4)23-16(5)20(22(24)25-7)21(19)18-11-9-8-10-14(18)3;1-3-2;/h8-11,13,17,21,23H,12H2,1-7H3;3H2,1-2H3;1H2. The molecule has 0 amide bonds. The number of rotatable bonds is 6. The second-order valence-electron chi connectivity index (χ2n) is 8.10. The van der Waals surface area contributed by atoms with Crippen LogP contribution in [0.15, 0.2) is 46.8 Å². The molecule has 0 fully saturated rings. The van der Waals surface area contributed by atoms with Gasteiger partial charge in [-0.25, -0.2) is 4.79 Å². The van der Waals surface area contributed by atoms with Crippen LogP contribution in [0.2, 0.25) is 0 Å². The van der Waals surface area contributed by atoms with Crippen molar-refractivity contribution in [3.63, 3.8) is 0 Å². The van der Waals surface area contributed by atoms with E-state index in [9.17, 15) is 4.79 Å². The molecule has 30 heavy (non-hydrogen) atoms. The second kappa shape index (κ2) is 13.2. The van der Waals surface area contributed by atoms with E-state index in [1.165, 1.54) is 13.5 Å². The van der Waals surface area contributed by atoms with E-state index in [0.29, 0.717) is 18.1 Å². The van der Waals surface area contributed by atoms with Crippen LogP contribution in [0, 0.1) is 12.8 Å². The highest BCUT2D eigenvalue weighted by Crippen LogP contribution is 2.41. The zero-order valence-corrected chi connectivity index (χ0v) is 20.2. The summed E-state index contributed by atoms with van der Waals surface area (Å²) in [6.45, 7) is 17.3. The minimum Gasteiger partial charge on any atom is -0.466 e. The summed E-state index contributed by atoms with van der Waals surface area (Å²) in [7, 11) is 1.43. The molecule has 0 saturated heterocycles. The summed E-state index contributed by atoms with van der Waals surface area (Å²) in [5, 5.41) is 3.36. The fourth-order valence-corrected chi connectivity index (χ4v) is 3.59. The van der Waals surface area contributed by atoms with Crippen molar-refractivity contribution in [2.45, 2.75) is 73.8 Å². The van der Waals surface area contributed by atoms with Crippen molar-refractivity contribution in [2.75, 3.05) is 13.7 Å². The molecule has 3 N–H and O–H groups in total. The summed E-state index contributed by atoms with van der Waals surface area (Å²) < 4.78 is 11.2. The van der Waals surface area contributed by atoms with Crippen molar-refractivity contribution in [1.29, 1.82) is 0 Å². The highest BCUT2D eigenvalue weighted by atomic mass is 16.5. The normalized spacial score (nSPS) is 16.9. The van der Waals surface area contributed by atoms with Crippen LogP contribution in [0.4, 0.5) is 0 Å². The Morgan fingerprint density at radius 1 is 1.07 bits per heavy atom. The van der Waals surface area contributed by atoms with E-state index in [2.05, 4.69) is 59.0 Å². The van der Waals surface area contributed by atoms with Crippen LogP contribution in [0.5, 0.6) is 0 Å². The van der Waals surface area contributed by atoms with Crippen LogP contribution in [-0.2, 0) is 14.3 Å². The Hall–Kier alpha value is -2.11. The molecule has 5 heteroatoms. The number of allylic oxidation sites excluding steroid dienone is 2. The topological polar surface area (TPSA) is 79.1 Å². The lowest BCUT2D eigenvalue weighted by molar-refractivity contribution is -0.136. The summed E-state index contributed by atoms with van der Waals surface area (Å²) >= 11 is 0. The first-order valence-electron chi connectivity index (χ1n) is 10.6. The first-order valence-corrected chi connectivity index (χ1v) is 10.6. The van der Waals surface area contributed by atoms with E-state index in [1.807, 2.05) is 26.0 Å². The number of carbonyl (C=O) groups is 1. The minimum absolute atomic E-state index is 0. The highest BCUT2D eigenvalue weighted by Gasteiger charge is 2.36. The summed E-state index contributed by atoms with van der Waals surface area (Å²) in [6, 6.07) is 8.20. The second-order valence-corrected chi connectivity index (χ2v) is 8.10. The van der Waals surface area contributed by atoms with Crippen molar-refractivity contribution >= 4 is 5.97 Å². The van der Waals surface area contributed by atoms with Crippen LogP contribution >= 0.6 is 0 Å². The van der Waals surface area contributed by atoms with Gasteiger partial charge in [0.2, 0.25) is 0 Å². The van der Waals surface area contributed by atoms with Crippen molar-refractivity contribution in [3.8, 4) is 0 Å². The summed E-state index contributed by atoms with van der Waals surface area (Å²) in [5.74, 6) is -0.0273. The monoisotopic (exact) mass is 419 g/mol. The van der Waals surface area contributed by atoms with Crippen molar-refractivity contribution in [3.05, 3.63) is 57.9 Å². The lowest BCUT2D eigenvalue weighted by atomic mass is 9.77. The first-order chi connectivity index (χ1) is 13.7. The Labute approximate surface area is 182 Å². The lowest BCUT2D eigenvalue weighted by Crippen LogP contribution is -2.33. The van der Waals surface area contributed by atoms with Gasteiger partial charge in [-0.2, -0.15) is 0 Å². The first kappa shape index (κ1) is 27.9. The smallest absolute Gasteiger partial charge is 0.336 e. The molecule has 1 aliphatic rings. The van der Waals surface area contributed by atoms with E-state index in [4.69, 9.17) is 9.47 Å². The van der Waals surface area contributed by atoms with Crippen LogP contribution in [-0.4, -0.2) is 31.3 Å². The van der Waals surface area contributed by atoms with Gasteiger partial charge >= 0.3 is 5.97 Å². The summed E-state index contributed by atoms with van der Waals surface area (Å²) in [6.07, 6.45) is 1.14. The maximum absolute atomic E-state index is 12.6. The Morgan fingerprint density at radius 2 is 1.63 bits per heavy atom. The van der Waals surface area contributed by atoms with Gasteiger partial charge < -0.3 is 20.3 Å². The average Bonchev–Trinajstić information content (AvgIpc) is 2.66. The Bertz CT molecular complexity index is 749. The molecule has 5 nitrogen and oxygen atoms in total. The van der Waals surface area contributed by atoms with Crippen LogP contribution in [0.3, 0.4) is 0 Å². The quantitative estimate of drug-likeness (QED) is 0.654. The number of ether oxygens (including phenoxy) is 2. The van der Waals surface area contributed by atoms with E-state index in [1.54, 1.807) is 0 Å². The molecular weight excluding hydrogens is 378 g/mol. The number of benzene rings is 1. The number of esters is 1. The zero-order chi connectivity index (χ0) is 22.1. The summed E-state index contributed by atoms with van der Waals surface area (Å²) in [4.78, 5) is 12.6. The van der Waals surface area contributed by atoms with E-state index >= 15 is 0 Å². The predicted octanol–water partition coefficient (Wildman–Crippen LogP) is 5.06. The predicted molar refractivity (Wildman–Crippen MR) is 124 cm³/mol. The van der Waals surface area contributed by atoms with Crippen molar-refractivity contribution < 1.29 is 19.7 Å². The fraction of sp³-hybridized carbons (Fsp3) is 0.560. The van der Waals surface area contributed by atoms with E-state index in [0.717, 1.165) is 28.1 Å². The van der Waals surface area contributed by atoms with Gasteiger partial charge in [-0.3, -0.25) is 0 Å². The fourth-order valence-electron chi connectivity index (χ4n) is 3.59. The number of hydrogen-bond acceptors (Lipinski definition) is 4. The molecule has 0 aliphatic carbocycles. The van der Waals surface area contributed by atoms with Gasteiger partial charge in [0.1, 0.15) is 0 Å². The van der Waals surface area contributed by atoms with E-state index in [-0.39, 0.29) is 23.5 Å². The Balaban J connectivity index is 0.00000198. The number of aryl methyl sites for hydroxylation is 1. The van der Waals surface area contributed by atoms with Gasteiger partial charge in [0.15, 0.2) is 0 Å². The molecule has 1 aromatic rings. The van der Waals surface area contributed by atoms with Gasteiger partial charge in [0, 0.05) is 23.9 Å². The van der Waals surface area contributed by atoms with Crippen molar-refractivity contribution in [1.82, 2.24) is 5.32 Å². The van der Waals surface area contributed by atoms with E-state index < -0.39 is 0 Å². The highest BCUT2D eigenvalue weighted by molar-refractivity contribution is 5.92. The minimum atomic E-state index is -0.302. The molecule has 1 aliphatic heterocycles. The molecule has 0 radical (unpaired) electrons. The molecule has 1 heterocycles. The van der Waals surface area contributed by atoms with Gasteiger partial charge in [-0.1, -0.05) is 58.4 Å². The molecule has 0 spiro atoms. The largest absolute Gasteiger partial charge is 0.466 e. The van der Waals surface area contributed by atoms with Crippen LogP contribution in [0.1, 0.15) is 71.9 Å².